The number of aromatic nitrogens is 2. The number of esters is 1. The molecule has 0 aliphatic heterocycles. The quantitative estimate of drug-likeness (QED) is 0.0404. The Kier molecular flexibility index (Phi) is 19.5. The number of alkyl carbamates (subject to hydrolysis) is 1. The number of methoxy groups -OCH3 is 1. The molecule has 12 heteroatoms. The zero-order chi connectivity index (χ0) is 39.2. The van der Waals surface area contributed by atoms with Crippen molar-refractivity contribution in [2.24, 2.45) is 0 Å². The number of nitrogens with zero attached hydrogens (tertiary/aromatic N) is 2. The van der Waals surface area contributed by atoms with Crippen molar-refractivity contribution < 1.29 is 33.3 Å². The van der Waals surface area contributed by atoms with E-state index in [0.717, 1.165) is 62.6 Å². The Morgan fingerprint density at radius 2 is 1.17 bits per heavy atom. The molecule has 2 aromatic heterocycles. The highest BCUT2D eigenvalue weighted by Gasteiger charge is 2.20. The number of hydrogen-bond acceptors (Lipinski definition) is 11. The third kappa shape index (κ3) is 16.6. The highest BCUT2D eigenvalue weighted by atomic mass is 32.1. The minimum Gasteiger partial charge on any atom is -0.483 e. The molecule has 1 amide bonds. The fourth-order valence-corrected chi connectivity index (χ4v) is 6.53. The molecule has 4 aromatic rings. The van der Waals surface area contributed by atoms with Gasteiger partial charge in [0.15, 0.2) is 10.1 Å². The van der Waals surface area contributed by atoms with Crippen LogP contribution in [0.3, 0.4) is 0 Å². The normalized spacial score (nSPS) is 11.3. The van der Waals surface area contributed by atoms with Crippen molar-refractivity contribution >= 4 is 47.1 Å². The number of unbranched alkanes of at least 4 members (excludes halogenated alkanes) is 8. The van der Waals surface area contributed by atoms with Gasteiger partial charge in [-0.25, -0.2) is 19.6 Å². The maximum absolute atomic E-state index is 12.1. The predicted molar refractivity (Wildman–Crippen MR) is 218 cm³/mol. The van der Waals surface area contributed by atoms with Crippen LogP contribution in [0.15, 0.2) is 66.6 Å². The highest BCUT2D eigenvalue weighted by molar-refractivity contribution is 7.17. The van der Waals surface area contributed by atoms with Crippen molar-refractivity contribution in [1.29, 1.82) is 0 Å². The van der Waals surface area contributed by atoms with Crippen molar-refractivity contribution in [1.82, 2.24) is 15.3 Å². The first-order valence-corrected chi connectivity index (χ1v) is 20.3. The summed E-state index contributed by atoms with van der Waals surface area (Å²) in [7, 11) is 1.25. The van der Waals surface area contributed by atoms with Crippen molar-refractivity contribution in [3.05, 3.63) is 77.7 Å². The Labute approximate surface area is 328 Å². The van der Waals surface area contributed by atoms with Gasteiger partial charge in [0.1, 0.15) is 27.6 Å². The molecule has 54 heavy (non-hydrogen) atoms. The molecule has 2 heterocycles. The van der Waals surface area contributed by atoms with Crippen LogP contribution in [0, 0.1) is 0 Å². The molecule has 0 spiro atoms. The topological polar surface area (TPSA) is 126 Å². The number of benzene rings is 2. The first-order valence-electron chi connectivity index (χ1n) is 18.7. The first-order chi connectivity index (χ1) is 26.0. The second-order valence-electron chi connectivity index (χ2n) is 13.5. The molecule has 0 radical (unpaired) electrons. The highest BCUT2D eigenvalue weighted by Crippen LogP contribution is 2.31. The number of ether oxygens (including phenoxy) is 4. The fraction of sp³-hybridized carbons (Fsp3) is 0.452. The molecule has 0 fully saturated rings. The van der Waals surface area contributed by atoms with E-state index in [9.17, 15) is 14.4 Å². The van der Waals surface area contributed by atoms with Crippen LogP contribution in [0.4, 0.5) is 4.79 Å². The number of carbonyl (C=O) groups is 3. The lowest BCUT2D eigenvalue weighted by molar-refractivity contribution is -0.136. The van der Waals surface area contributed by atoms with Gasteiger partial charge in [-0.05, 0) is 45.3 Å². The molecule has 292 valence electrons. The van der Waals surface area contributed by atoms with Gasteiger partial charge in [0.05, 0.1) is 32.7 Å². The summed E-state index contributed by atoms with van der Waals surface area (Å²) in [5.74, 6) is -0.665. The lowest BCUT2D eigenvalue weighted by Gasteiger charge is -2.20. The minimum atomic E-state index is -0.726. The van der Waals surface area contributed by atoms with E-state index in [2.05, 4.69) is 29.1 Å². The predicted octanol–water partition coefficient (Wildman–Crippen LogP) is 11.2. The molecule has 0 bridgehead atoms. The molecule has 1 N–H and O–H groups in total. The summed E-state index contributed by atoms with van der Waals surface area (Å²) in [5.41, 5.74) is 2.66. The van der Waals surface area contributed by atoms with E-state index in [-0.39, 0.29) is 5.70 Å². The van der Waals surface area contributed by atoms with Gasteiger partial charge >= 0.3 is 12.1 Å². The summed E-state index contributed by atoms with van der Waals surface area (Å²) >= 11 is 3.05. The van der Waals surface area contributed by atoms with E-state index in [1.807, 2.05) is 36.4 Å². The van der Waals surface area contributed by atoms with Crippen LogP contribution < -0.4 is 14.8 Å². The van der Waals surface area contributed by atoms with Crippen LogP contribution in [-0.2, 0) is 14.3 Å². The Bertz CT molecular complexity index is 1730. The maximum Gasteiger partial charge on any atom is 0.412 e. The Hall–Kier alpha value is -4.55. The molecular formula is C42H55N3O7S2. The van der Waals surface area contributed by atoms with Gasteiger partial charge in [-0.1, -0.05) is 136 Å². The Balaban J connectivity index is 0.000000320. The molecule has 10 nitrogen and oxygen atoms in total. The molecular weight excluding hydrogens is 723 g/mol. The fourth-order valence-electron chi connectivity index (χ4n) is 4.94. The Morgan fingerprint density at radius 1 is 0.704 bits per heavy atom. The van der Waals surface area contributed by atoms with Crippen molar-refractivity contribution in [3.63, 3.8) is 0 Å². The van der Waals surface area contributed by atoms with Crippen molar-refractivity contribution in [2.45, 2.75) is 104 Å². The number of rotatable bonds is 20. The average molecular weight is 778 g/mol. The lowest BCUT2D eigenvalue weighted by atomic mass is 10.1. The summed E-state index contributed by atoms with van der Waals surface area (Å²) in [6, 6.07) is 14.9. The number of thiazole rings is 2. The van der Waals surface area contributed by atoms with Crippen LogP contribution in [0.2, 0.25) is 0 Å². The van der Waals surface area contributed by atoms with Gasteiger partial charge in [0, 0.05) is 16.7 Å². The van der Waals surface area contributed by atoms with Crippen LogP contribution >= 0.6 is 22.7 Å². The first kappa shape index (κ1) is 43.9. The summed E-state index contributed by atoms with van der Waals surface area (Å²) in [5, 5.41) is 5.90. The zero-order valence-corrected chi connectivity index (χ0v) is 34.1. The zero-order valence-electron chi connectivity index (χ0n) is 32.5. The van der Waals surface area contributed by atoms with E-state index in [1.165, 1.54) is 75.9 Å². The minimum absolute atomic E-state index is 0.0108. The second kappa shape index (κ2) is 24.0. The van der Waals surface area contributed by atoms with Gasteiger partial charge in [0.25, 0.3) is 0 Å². The van der Waals surface area contributed by atoms with E-state index in [4.69, 9.17) is 18.9 Å². The van der Waals surface area contributed by atoms with E-state index in [0.29, 0.717) is 12.2 Å². The van der Waals surface area contributed by atoms with Gasteiger partial charge in [-0.3, -0.25) is 10.1 Å². The molecule has 0 aliphatic carbocycles. The third-order valence-corrected chi connectivity index (χ3v) is 9.67. The van der Waals surface area contributed by atoms with Gasteiger partial charge in [-0.2, -0.15) is 0 Å². The van der Waals surface area contributed by atoms with Crippen LogP contribution in [0.25, 0.3) is 27.2 Å². The van der Waals surface area contributed by atoms with E-state index in [1.54, 1.807) is 56.6 Å². The maximum atomic E-state index is 12.1. The molecule has 0 atom stereocenters. The summed E-state index contributed by atoms with van der Waals surface area (Å²) < 4.78 is 21.5. The summed E-state index contributed by atoms with van der Waals surface area (Å²) in [4.78, 5) is 43.6. The molecule has 0 unspecified atom stereocenters. The number of carbonyl (C=O) groups excluding carboxylic acids is 3. The number of hydrogen-bond donors (Lipinski definition) is 1. The van der Waals surface area contributed by atoms with Gasteiger partial charge < -0.3 is 18.9 Å². The molecule has 2 aromatic carbocycles. The van der Waals surface area contributed by atoms with E-state index >= 15 is 0 Å². The summed E-state index contributed by atoms with van der Waals surface area (Å²) in [6.07, 6.45) is 17.4. The van der Waals surface area contributed by atoms with Gasteiger partial charge in [0.2, 0.25) is 0 Å². The van der Waals surface area contributed by atoms with Crippen molar-refractivity contribution in [2.75, 3.05) is 20.3 Å². The van der Waals surface area contributed by atoms with E-state index < -0.39 is 17.7 Å². The van der Waals surface area contributed by atoms with Crippen LogP contribution in [0.5, 0.6) is 10.1 Å². The van der Waals surface area contributed by atoms with Crippen molar-refractivity contribution in [3.8, 4) is 31.3 Å². The SMILES string of the molecule is CCCCCCCOc1cnc(-c2ccc(/C=C(\NC(=O)OC(C)(C)C)C(=O)OC)cc2)s1.CCCCCCCOc1cnc(-c2ccc(C=O)cc2)s1. The smallest absolute Gasteiger partial charge is 0.412 e. The van der Waals surface area contributed by atoms with Crippen LogP contribution in [-0.4, -0.2) is 54.2 Å². The lowest BCUT2D eigenvalue weighted by Crippen LogP contribution is -2.34. The number of nitrogens with one attached hydrogen (secondary N) is 1. The number of aldehydes is 1. The standard InChI is InChI=1S/C25H34N2O5S.C17H21NO2S/c1-6-7-8-9-10-15-31-21-17-26-22(33-21)19-13-11-18(12-14-19)16-20(23(28)30-5)27-24(29)32-25(2,3)4;1-2-3-4-5-6-11-20-16-12-18-17(21-16)15-9-7-14(13-19)8-10-15/h11-14,16-17H,6-10,15H2,1-5H3,(H,27,29);7-10,12-13H,2-6,11H2,1H3/b20-16-;. The van der Waals surface area contributed by atoms with Gasteiger partial charge in [-0.15, -0.1) is 0 Å². The molecule has 0 saturated carbocycles. The largest absolute Gasteiger partial charge is 0.483 e. The Morgan fingerprint density at radius 3 is 1.59 bits per heavy atom. The molecule has 0 saturated heterocycles. The number of amides is 1. The molecule has 0 aliphatic rings. The average Bonchev–Trinajstić information content (AvgIpc) is 3.84. The summed E-state index contributed by atoms with van der Waals surface area (Å²) in [6.45, 7) is 11.1. The third-order valence-electron chi connectivity index (χ3n) is 7.76. The monoisotopic (exact) mass is 777 g/mol. The second-order valence-corrected chi connectivity index (χ2v) is 15.5. The van der Waals surface area contributed by atoms with Crippen LogP contribution in [0.1, 0.15) is 115 Å². The molecule has 4 rings (SSSR count).